The summed E-state index contributed by atoms with van der Waals surface area (Å²) in [6.45, 7) is 16.9. The van der Waals surface area contributed by atoms with Crippen molar-refractivity contribution in [1.29, 1.82) is 0 Å². The number of carbonyl (C=O) groups is 5. The number of aliphatic hydroxyl groups is 1. The summed E-state index contributed by atoms with van der Waals surface area (Å²) in [6, 6.07) is -2.64. The molecule has 0 aliphatic heterocycles. The van der Waals surface area contributed by atoms with Crippen LogP contribution in [0.25, 0.3) is 0 Å². The van der Waals surface area contributed by atoms with Crippen molar-refractivity contribution in [2.45, 2.75) is 106 Å². The van der Waals surface area contributed by atoms with Crippen molar-refractivity contribution in [3.63, 3.8) is 0 Å². The predicted octanol–water partition coefficient (Wildman–Crippen LogP) is 0.834. The molecule has 0 saturated carbocycles. The molecule has 0 rings (SSSR count). The monoisotopic (exact) mass is 541 g/mol. The van der Waals surface area contributed by atoms with Crippen LogP contribution in [-0.4, -0.2) is 65.4 Å². The van der Waals surface area contributed by atoms with E-state index in [0.717, 1.165) is 0 Å². The first-order valence-electron chi connectivity index (χ1n) is 13.7. The highest BCUT2D eigenvalue weighted by Gasteiger charge is 2.32. The fourth-order valence-corrected chi connectivity index (χ4v) is 3.87. The van der Waals surface area contributed by atoms with Gasteiger partial charge in [-0.25, -0.2) is 0 Å². The summed E-state index contributed by atoms with van der Waals surface area (Å²) in [5, 5.41) is 21.8. The summed E-state index contributed by atoms with van der Waals surface area (Å²) in [6.07, 6.45) is -1.05. The Labute approximate surface area is 227 Å². The number of hydrogen-bond donors (Lipinski definition) is 6. The largest absolute Gasteiger partial charge is 0.391 e. The highest BCUT2D eigenvalue weighted by atomic mass is 16.3. The molecule has 38 heavy (non-hydrogen) atoms. The highest BCUT2D eigenvalue weighted by Crippen LogP contribution is 2.17. The zero-order chi connectivity index (χ0) is 29.7. The molecule has 0 aromatic heterocycles. The van der Waals surface area contributed by atoms with Crippen molar-refractivity contribution in [3.05, 3.63) is 0 Å². The van der Waals surface area contributed by atoms with E-state index in [1.807, 2.05) is 41.5 Å². The Bertz CT molecular complexity index is 801. The lowest BCUT2D eigenvalue weighted by atomic mass is 9.91. The average molecular weight is 542 g/mol. The van der Waals surface area contributed by atoms with Gasteiger partial charge in [0.05, 0.1) is 18.6 Å². The zero-order valence-corrected chi connectivity index (χ0v) is 24.6. The second-order valence-corrected chi connectivity index (χ2v) is 11.3. The molecule has 0 fully saturated rings. The van der Waals surface area contributed by atoms with Crippen molar-refractivity contribution in [1.82, 2.24) is 21.3 Å². The second-order valence-electron chi connectivity index (χ2n) is 11.3. The number of carbonyl (C=O) groups excluding carboxylic acids is 5. The molecule has 7 N–H and O–H groups in total. The summed E-state index contributed by atoms with van der Waals surface area (Å²) >= 11 is 0. The summed E-state index contributed by atoms with van der Waals surface area (Å²) in [5.74, 6) is -3.47. The van der Waals surface area contributed by atoms with Crippen molar-refractivity contribution in [3.8, 4) is 0 Å². The quantitative estimate of drug-likeness (QED) is 0.159. The number of nitrogens with one attached hydrogen (secondary N) is 4. The van der Waals surface area contributed by atoms with Gasteiger partial charge in [-0.3, -0.25) is 24.0 Å². The van der Waals surface area contributed by atoms with Gasteiger partial charge in [0.25, 0.3) is 0 Å². The van der Waals surface area contributed by atoms with E-state index in [9.17, 15) is 29.1 Å². The third kappa shape index (κ3) is 12.7. The number of nitrogens with two attached hydrogens (primary N) is 1. The molecule has 0 aromatic carbocycles. The minimum Gasteiger partial charge on any atom is -0.391 e. The van der Waals surface area contributed by atoms with Crippen LogP contribution in [0.5, 0.6) is 0 Å². The molecule has 0 saturated heterocycles. The molecule has 0 aliphatic rings. The first-order valence-corrected chi connectivity index (χ1v) is 13.7. The van der Waals surface area contributed by atoms with Crippen LogP contribution in [0.15, 0.2) is 0 Å². The fourth-order valence-electron chi connectivity index (χ4n) is 3.87. The third-order valence-corrected chi connectivity index (χ3v) is 6.61. The molecule has 220 valence electrons. The minimum absolute atomic E-state index is 0.0266. The van der Waals surface area contributed by atoms with E-state index in [-0.39, 0.29) is 54.2 Å². The van der Waals surface area contributed by atoms with E-state index in [4.69, 9.17) is 5.73 Å². The van der Waals surface area contributed by atoms with Crippen LogP contribution in [0.4, 0.5) is 0 Å². The van der Waals surface area contributed by atoms with Crippen LogP contribution in [0.1, 0.15) is 81.6 Å². The summed E-state index contributed by atoms with van der Waals surface area (Å²) in [4.78, 5) is 62.5. The molecule has 0 spiro atoms. The molecule has 11 nitrogen and oxygen atoms in total. The molecule has 1 unspecified atom stereocenters. The normalized spacial score (nSPS) is 16.2. The van der Waals surface area contributed by atoms with Gasteiger partial charge in [0.2, 0.25) is 29.5 Å². The van der Waals surface area contributed by atoms with Crippen molar-refractivity contribution < 1.29 is 29.1 Å². The van der Waals surface area contributed by atoms with Gasteiger partial charge in [-0.2, -0.15) is 0 Å². The Hall–Kier alpha value is -2.69. The Kier molecular flexibility index (Phi) is 15.8. The van der Waals surface area contributed by atoms with E-state index in [2.05, 4.69) is 21.3 Å². The standard InChI is InChI=1S/C27H51N5O6/c1-10-29-27(38)23(16(6)7)32-24(35)17(8)12-21(33)19(11-14(2)3)30-26(37)20(13-22(28)34)31-25(36)18(9)15(4)5/h14-21,23,33H,10-13H2,1-9H3,(H2,28,34)(H,29,38)(H,30,37)(H,31,36)(H,32,35)/t17-,18?,19+,20+,21+,23+/m1/s1. The molecule has 6 atom stereocenters. The Morgan fingerprint density at radius 3 is 1.76 bits per heavy atom. The molecule has 0 bridgehead atoms. The van der Waals surface area contributed by atoms with Crippen LogP contribution < -0.4 is 27.0 Å². The SMILES string of the molecule is CCNC(=O)[C@@H](NC(=O)[C@H](C)C[C@H](O)[C@H](CC(C)C)NC(=O)[C@H](CC(N)=O)NC(=O)C(C)C(C)C)C(C)C. The number of hydrogen-bond acceptors (Lipinski definition) is 6. The van der Waals surface area contributed by atoms with E-state index in [0.29, 0.717) is 13.0 Å². The Morgan fingerprint density at radius 2 is 1.32 bits per heavy atom. The predicted molar refractivity (Wildman–Crippen MR) is 146 cm³/mol. The highest BCUT2D eigenvalue weighted by molar-refractivity contribution is 5.92. The van der Waals surface area contributed by atoms with Gasteiger partial charge in [0, 0.05) is 18.4 Å². The molecular weight excluding hydrogens is 490 g/mol. The summed E-state index contributed by atoms with van der Waals surface area (Å²) in [7, 11) is 0. The Morgan fingerprint density at radius 1 is 0.737 bits per heavy atom. The second kappa shape index (κ2) is 17.0. The number of rotatable bonds is 17. The van der Waals surface area contributed by atoms with Crippen LogP contribution in [-0.2, 0) is 24.0 Å². The molecular formula is C27H51N5O6. The van der Waals surface area contributed by atoms with Gasteiger partial charge in [0.15, 0.2) is 0 Å². The number of aliphatic hydroxyl groups excluding tert-OH is 1. The molecule has 5 amide bonds. The first kappa shape index (κ1) is 35.3. The van der Waals surface area contributed by atoms with Gasteiger partial charge < -0.3 is 32.1 Å². The minimum atomic E-state index is -1.19. The van der Waals surface area contributed by atoms with Crippen LogP contribution in [0.2, 0.25) is 0 Å². The van der Waals surface area contributed by atoms with E-state index >= 15 is 0 Å². The summed E-state index contributed by atoms with van der Waals surface area (Å²) < 4.78 is 0. The maximum absolute atomic E-state index is 13.1. The van der Waals surface area contributed by atoms with E-state index < -0.39 is 42.0 Å². The van der Waals surface area contributed by atoms with Gasteiger partial charge >= 0.3 is 0 Å². The number of likely N-dealkylation sites (N-methyl/N-ethyl adjacent to an activating group) is 1. The third-order valence-electron chi connectivity index (χ3n) is 6.61. The maximum atomic E-state index is 13.1. The lowest BCUT2D eigenvalue weighted by Crippen LogP contribution is -2.55. The van der Waals surface area contributed by atoms with Gasteiger partial charge in [-0.05, 0) is 37.5 Å². The molecule has 0 aromatic rings. The van der Waals surface area contributed by atoms with Crippen LogP contribution in [0.3, 0.4) is 0 Å². The number of amides is 5. The smallest absolute Gasteiger partial charge is 0.243 e. The lowest BCUT2D eigenvalue weighted by Gasteiger charge is -2.30. The van der Waals surface area contributed by atoms with Crippen LogP contribution >= 0.6 is 0 Å². The van der Waals surface area contributed by atoms with Gasteiger partial charge in [0.1, 0.15) is 12.1 Å². The maximum Gasteiger partial charge on any atom is 0.243 e. The zero-order valence-electron chi connectivity index (χ0n) is 24.6. The first-order chi connectivity index (χ1) is 17.5. The van der Waals surface area contributed by atoms with Crippen LogP contribution in [0, 0.1) is 29.6 Å². The van der Waals surface area contributed by atoms with Gasteiger partial charge in [-0.1, -0.05) is 55.4 Å². The summed E-state index contributed by atoms with van der Waals surface area (Å²) in [5.41, 5.74) is 5.32. The fraction of sp³-hybridized carbons (Fsp3) is 0.815. The van der Waals surface area contributed by atoms with E-state index in [1.165, 1.54) is 0 Å². The average Bonchev–Trinajstić information content (AvgIpc) is 2.79. The van der Waals surface area contributed by atoms with Crippen molar-refractivity contribution in [2.24, 2.45) is 35.3 Å². The topological polar surface area (TPSA) is 180 Å². The van der Waals surface area contributed by atoms with Crippen molar-refractivity contribution >= 4 is 29.5 Å². The molecule has 0 heterocycles. The number of primary amides is 1. The lowest BCUT2D eigenvalue weighted by molar-refractivity contribution is -0.134. The molecule has 0 aliphatic carbocycles. The Balaban J connectivity index is 5.54. The van der Waals surface area contributed by atoms with E-state index in [1.54, 1.807) is 20.8 Å². The molecule has 11 heteroatoms. The van der Waals surface area contributed by atoms with Gasteiger partial charge in [-0.15, -0.1) is 0 Å². The molecule has 0 radical (unpaired) electrons. The van der Waals surface area contributed by atoms with Crippen molar-refractivity contribution in [2.75, 3.05) is 6.54 Å².